The summed E-state index contributed by atoms with van der Waals surface area (Å²) in [7, 11) is 1.64. The van der Waals surface area contributed by atoms with Gasteiger partial charge in [-0.3, -0.25) is 4.79 Å². The Morgan fingerprint density at radius 3 is 2.70 bits per heavy atom. The number of Topliss-reactive ketones (excluding diaryl/α,β-unsaturated/α-hetero) is 1. The number of rotatable bonds is 8. The second kappa shape index (κ2) is 8.49. The van der Waals surface area contributed by atoms with Crippen molar-refractivity contribution in [3.05, 3.63) is 59.4 Å². The van der Waals surface area contributed by atoms with Gasteiger partial charge >= 0.3 is 0 Å². The smallest absolute Gasteiger partial charge is 0.191 e. The van der Waals surface area contributed by atoms with Gasteiger partial charge in [0, 0.05) is 36.3 Å². The third-order valence-corrected chi connectivity index (χ3v) is 5.25. The topological polar surface area (TPSA) is 61.9 Å². The Bertz CT molecular complexity index is 934. The van der Waals surface area contributed by atoms with Crippen molar-refractivity contribution in [3.8, 4) is 5.69 Å². The molecule has 0 aliphatic rings. The highest BCUT2D eigenvalue weighted by molar-refractivity contribution is 7.99. The van der Waals surface area contributed by atoms with E-state index < -0.39 is 0 Å². The minimum Gasteiger partial charge on any atom is -0.383 e. The highest BCUT2D eigenvalue weighted by Gasteiger charge is 2.18. The van der Waals surface area contributed by atoms with Crippen LogP contribution in [0.1, 0.15) is 21.7 Å². The fourth-order valence-corrected chi connectivity index (χ4v) is 3.76. The van der Waals surface area contributed by atoms with Crippen LogP contribution in [-0.4, -0.2) is 44.6 Å². The summed E-state index contributed by atoms with van der Waals surface area (Å²) in [5, 5.41) is 8.65. The molecule has 0 saturated carbocycles. The lowest BCUT2D eigenvalue weighted by atomic mass is 10.2. The summed E-state index contributed by atoms with van der Waals surface area (Å²) in [6.07, 6.45) is 1.63. The first-order valence-corrected chi connectivity index (χ1v) is 9.47. The van der Waals surface area contributed by atoms with E-state index in [-0.39, 0.29) is 17.4 Å². The van der Waals surface area contributed by atoms with Crippen LogP contribution >= 0.6 is 11.8 Å². The van der Waals surface area contributed by atoms with Gasteiger partial charge in [-0.15, -0.1) is 10.2 Å². The summed E-state index contributed by atoms with van der Waals surface area (Å²) in [6, 6.07) is 8.11. The number of halogens is 1. The van der Waals surface area contributed by atoms with Crippen LogP contribution in [0.5, 0.6) is 0 Å². The molecule has 2 heterocycles. The van der Waals surface area contributed by atoms with Gasteiger partial charge in [0.15, 0.2) is 10.9 Å². The number of hydrogen-bond acceptors (Lipinski definition) is 5. The average molecular weight is 388 g/mol. The molecule has 142 valence electrons. The molecule has 0 N–H and O–H groups in total. The van der Waals surface area contributed by atoms with Crippen molar-refractivity contribution in [2.45, 2.75) is 25.5 Å². The molecule has 0 spiro atoms. The minimum atomic E-state index is -0.286. The van der Waals surface area contributed by atoms with E-state index in [4.69, 9.17) is 4.74 Å². The van der Waals surface area contributed by atoms with Gasteiger partial charge in [0.2, 0.25) is 0 Å². The number of methoxy groups -OCH3 is 1. The number of aryl methyl sites for hydroxylation is 1. The van der Waals surface area contributed by atoms with E-state index in [1.54, 1.807) is 25.6 Å². The lowest BCUT2D eigenvalue weighted by Gasteiger charge is -2.10. The molecule has 0 atom stereocenters. The predicted molar refractivity (Wildman–Crippen MR) is 102 cm³/mol. The van der Waals surface area contributed by atoms with E-state index >= 15 is 0 Å². The Morgan fingerprint density at radius 1 is 1.26 bits per heavy atom. The summed E-state index contributed by atoms with van der Waals surface area (Å²) < 4.78 is 22.1. The largest absolute Gasteiger partial charge is 0.383 e. The molecule has 0 saturated heterocycles. The quantitative estimate of drug-likeness (QED) is 0.437. The van der Waals surface area contributed by atoms with Gasteiger partial charge in [-0.2, -0.15) is 0 Å². The van der Waals surface area contributed by atoms with Crippen molar-refractivity contribution in [1.29, 1.82) is 0 Å². The van der Waals surface area contributed by atoms with E-state index in [0.29, 0.717) is 23.9 Å². The van der Waals surface area contributed by atoms with Gasteiger partial charge in [-0.25, -0.2) is 4.39 Å². The SMILES string of the molecule is COCCn1cnnc1SCC(=O)c1cc(C)n(-c2ccc(F)cc2)c1C. The normalized spacial score (nSPS) is 11.1. The molecule has 1 aromatic carbocycles. The van der Waals surface area contributed by atoms with Gasteiger partial charge in [0.25, 0.3) is 0 Å². The number of hydrogen-bond donors (Lipinski definition) is 0. The minimum absolute atomic E-state index is 0.0164. The number of thioether (sulfide) groups is 1. The van der Waals surface area contributed by atoms with Crippen molar-refractivity contribution >= 4 is 17.5 Å². The Hall–Kier alpha value is -2.45. The molecule has 6 nitrogen and oxygen atoms in total. The van der Waals surface area contributed by atoms with E-state index in [0.717, 1.165) is 17.1 Å². The molecule has 2 aromatic heterocycles. The second-order valence-electron chi connectivity index (χ2n) is 6.11. The van der Waals surface area contributed by atoms with Gasteiger partial charge in [0.1, 0.15) is 12.1 Å². The second-order valence-corrected chi connectivity index (χ2v) is 7.05. The van der Waals surface area contributed by atoms with E-state index in [2.05, 4.69) is 10.2 Å². The summed E-state index contributed by atoms with van der Waals surface area (Å²) in [6.45, 7) is 5.02. The molecular formula is C19H21FN4O2S. The number of ether oxygens (including phenoxy) is 1. The summed E-state index contributed by atoms with van der Waals surface area (Å²) in [4.78, 5) is 12.8. The van der Waals surface area contributed by atoms with Crippen LogP contribution in [0.15, 0.2) is 41.8 Å². The van der Waals surface area contributed by atoms with Crippen molar-refractivity contribution in [3.63, 3.8) is 0 Å². The summed E-state index contributed by atoms with van der Waals surface area (Å²) in [5.41, 5.74) is 3.26. The van der Waals surface area contributed by atoms with Crippen LogP contribution in [0.4, 0.5) is 4.39 Å². The lowest BCUT2D eigenvalue weighted by Crippen LogP contribution is -2.08. The summed E-state index contributed by atoms with van der Waals surface area (Å²) in [5.74, 6) is -0.00593. The van der Waals surface area contributed by atoms with Crippen molar-refractivity contribution in [2.75, 3.05) is 19.5 Å². The van der Waals surface area contributed by atoms with E-state index in [1.807, 2.05) is 29.0 Å². The standard InChI is InChI=1S/C19H21FN4O2S/c1-13-10-17(14(2)24(13)16-6-4-15(20)5-7-16)18(25)11-27-19-22-21-12-23(19)8-9-26-3/h4-7,10,12H,8-9,11H2,1-3H3. The van der Waals surface area contributed by atoms with E-state index in [9.17, 15) is 9.18 Å². The van der Waals surface area contributed by atoms with Crippen LogP contribution in [0, 0.1) is 19.7 Å². The fraction of sp³-hybridized carbons (Fsp3) is 0.316. The van der Waals surface area contributed by atoms with Crippen LogP contribution in [-0.2, 0) is 11.3 Å². The van der Waals surface area contributed by atoms with Crippen LogP contribution in [0.3, 0.4) is 0 Å². The molecule has 8 heteroatoms. The monoisotopic (exact) mass is 388 g/mol. The maximum Gasteiger partial charge on any atom is 0.191 e. The highest BCUT2D eigenvalue weighted by Crippen LogP contribution is 2.24. The van der Waals surface area contributed by atoms with Gasteiger partial charge in [-0.05, 0) is 44.2 Å². The Balaban J connectivity index is 1.75. The summed E-state index contributed by atoms with van der Waals surface area (Å²) >= 11 is 1.35. The first kappa shape index (κ1) is 19.3. The van der Waals surface area contributed by atoms with E-state index in [1.165, 1.54) is 23.9 Å². The number of benzene rings is 1. The zero-order valence-corrected chi connectivity index (χ0v) is 16.3. The average Bonchev–Trinajstić information content (AvgIpc) is 3.22. The maximum atomic E-state index is 13.2. The number of nitrogens with zero attached hydrogens (tertiary/aromatic N) is 4. The molecular weight excluding hydrogens is 367 g/mol. The Labute approximate surface area is 161 Å². The molecule has 0 aliphatic carbocycles. The Morgan fingerprint density at radius 2 is 2.00 bits per heavy atom. The molecule has 0 radical (unpaired) electrons. The molecule has 0 unspecified atom stereocenters. The third kappa shape index (κ3) is 4.28. The van der Waals surface area contributed by atoms with Crippen LogP contribution < -0.4 is 0 Å². The molecule has 3 rings (SSSR count). The number of ketones is 1. The Kier molecular flexibility index (Phi) is 6.08. The molecule has 0 amide bonds. The van der Waals surface area contributed by atoms with Crippen molar-refractivity contribution in [1.82, 2.24) is 19.3 Å². The fourth-order valence-electron chi connectivity index (χ4n) is 2.94. The van der Waals surface area contributed by atoms with Gasteiger partial charge < -0.3 is 13.9 Å². The van der Waals surface area contributed by atoms with Crippen molar-refractivity contribution < 1.29 is 13.9 Å². The molecule has 27 heavy (non-hydrogen) atoms. The molecule has 3 aromatic rings. The number of carbonyl (C=O) groups is 1. The zero-order chi connectivity index (χ0) is 19.4. The van der Waals surface area contributed by atoms with Crippen LogP contribution in [0.25, 0.3) is 5.69 Å². The highest BCUT2D eigenvalue weighted by atomic mass is 32.2. The predicted octanol–water partition coefficient (Wildman–Crippen LogP) is 3.45. The zero-order valence-electron chi connectivity index (χ0n) is 15.5. The maximum absolute atomic E-state index is 13.2. The van der Waals surface area contributed by atoms with Crippen LogP contribution in [0.2, 0.25) is 0 Å². The first-order valence-electron chi connectivity index (χ1n) is 8.49. The van der Waals surface area contributed by atoms with Gasteiger partial charge in [0.05, 0.1) is 12.4 Å². The number of carbonyl (C=O) groups excluding carboxylic acids is 1. The lowest BCUT2D eigenvalue weighted by molar-refractivity contribution is 0.102. The van der Waals surface area contributed by atoms with Crippen molar-refractivity contribution in [2.24, 2.45) is 0 Å². The van der Waals surface area contributed by atoms with Gasteiger partial charge in [-0.1, -0.05) is 11.8 Å². The molecule has 0 fully saturated rings. The third-order valence-electron chi connectivity index (χ3n) is 4.27. The molecule has 0 bridgehead atoms. The molecule has 0 aliphatic heterocycles. The number of aromatic nitrogens is 4. The first-order chi connectivity index (χ1) is 13.0.